The molecule has 0 bridgehead atoms. The number of nitrogens with zero attached hydrogens (tertiary/aromatic N) is 2. The van der Waals surface area contributed by atoms with Gasteiger partial charge >= 0.3 is 0 Å². The van der Waals surface area contributed by atoms with Crippen molar-refractivity contribution >= 4 is 34.0 Å². The van der Waals surface area contributed by atoms with E-state index in [-0.39, 0.29) is 5.91 Å². The number of anilines is 1. The Morgan fingerprint density at radius 1 is 1.08 bits per heavy atom. The zero-order valence-corrected chi connectivity index (χ0v) is 15.7. The molecule has 0 radical (unpaired) electrons. The second kappa shape index (κ2) is 8.16. The van der Waals surface area contributed by atoms with Gasteiger partial charge in [-0.25, -0.2) is 0 Å². The first kappa shape index (κ1) is 18.2. The van der Waals surface area contributed by atoms with Crippen LogP contribution in [0.1, 0.15) is 6.92 Å². The molecule has 0 aliphatic rings. The lowest BCUT2D eigenvalue weighted by Gasteiger charge is -2.13. The number of halogens is 1. The minimum absolute atomic E-state index is 0.308. The third-order valence-corrected chi connectivity index (χ3v) is 4.63. The molecule has 0 unspecified atom stereocenters. The first-order valence-electron chi connectivity index (χ1n) is 7.76. The van der Waals surface area contributed by atoms with Crippen LogP contribution in [0.3, 0.4) is 0 Å². The number of hydrogen-bond donors (Lipinski definition) is 1. The molecule has 0 aliphatic heterocycles. The highest BCUT2D eigenvalue weighted by Crippen LogP contribution is 2.28. The number of ether oxygens (including phenoxy) is 2. The largest absolute Gasteiger partial charge is 0.497 e. The zero-order chi connectivity index (χ0) is 18.5. The topological polar surface area (TPSA) is 73.3 Å². The summed E-state index contributed by atoms with van der Waals surface area (Å²) in [5.74, 6) is 1.02. The smallest absolute Gasteiger partial charge is 0.266 e. The summed E-state index contributed by atoms with van der Waals surface area (Å²) in [6.45, 7) is 1.66. The van der Waals surface area contributed by atoms with Crippen LogP contribution in [0.2, 0.25) is 5.02 Å². The molecule has 134 valence electrons. The highest BCUT2D eigenvalue weighted by atomic mass is 35.5. The van der Waals surface area contributed by atoms with Crippen molar-refractivity contribution in [2.75, 3.05) is 12.4 Å². The van der Waals surface area contributed by atoms with Crippen LogP contribution in [-0.2, 0) is 4.79 Å². The lowest BCUT2D eigenvalue weighted by Crippen LogP contribution is -2.30. The Morgan fingerprint density at radius 2 is 1.73 bits per heavy atom. The molecule has 6 nitrogen and oxygen atoms in total. The van der Waals surface area contributed by atoms with E-state index < -0.39 is 6.10 Å². The Morgan fingerprint density at radius 3 is 2.38 bits per heavy atom. The number of hydrogen-bond acceptors (Lipinski definition) is 6. The van der Waals surface area contributed by atoms with Crippen molar-refractivity contribution < 1.29 is 14.3 Å². The molecule has 1 aromatic heterocycles. The molecule has 3 aromatic rings. The van der Waals surface area contributed by atoms with Gasteiger partial charge in [0.25, 0.3) is 5.91 Å². The predicted molar refractivity (Wildman–Crippen MR) is 102 cm³/mol. The second-order valence-corrected chi connectivity index (χ2v) is 6.76. The minimum atomic E-state index is -0.690. The fourth-order valence-corrected chi connectivity index (χ4v) is 2.98. The van der Waals surface area contributed by atoms with Crippen LogP contribution in [0.4, 0.5) is 5.13 Å². The third-order valence-electron chi connectivity index (χ3n) is 3.49. The van der Waals surface area contributed by atoms with Crippen LogP contribution < -0.4 is 14.8 Å². The molecule has 0 saturated heterocycles. The summed E-state index contributed by atoms with van der Waals surface area (Å²) in [5, 5.41) is 12.5. The summed E-state index contributed by atoms with van der Waals surface area (Å²) in [7, 11) is 1.61. The molecule has 2 aromatic carbocycles. The standard InChI is InChI=1S/C18H16ClN3O3S/c1-11(25-15-9-5-13(19)6-10-15)16(23)20-18-22-21-17(26-18)12-3-7-14(24-2)8-4-12/h3-11H,1-2H3,(H,20,22,23)/t11-/m0/s1. The molecule has 1 atom stereocenters. The molecule has 8 heteroatoms. The van der Waals surface area contributed by atoms with E-state index >= 15 is 0 Å². The van der Waals surface area contributed by atoms with Gasteiger partial charge in [-0.15, -0.1) is 10.2 Å². The van der Waals surface area contributed by atoms with E-state index in [2.05, 4.69) is 15.5 Å². The van der Waals surface area contributed by atoms with Gasteiger partial charge < -0.3 is 9.47 Å². The Hall–Kier alpha value is -2.64. The number of carbonyl (C=O) groups is 1. The lowest BCUT2D eigenvalue weighted by atomic mass is 10.2. The predicted octanol–water partition coefficient (Wildman–Crippen LogP) is 4.27. The van der Waals surface area contributed by atoms with E-state index in [1.807, 2.05) is 24.3 Å². The van der Waals surface area contributed by atoms with Crippen molar-refractivity contribution in [2.45, 2.75) is 13.0 Å². The first-order chi connectivity index (χ1) is 12.5. The molecule has 26 heavy (non-hydrogen) atoms. The van der Waals surface area contributed by atoms with Crippen molar-refractivity contribution in [3.8, 4) is 22.1 Å². The molecule has 1 amide bonds. The third kappa shape index (κ3) is 4.50. The van der Waals surface area contributed by atoms with Gasteiger partial charge in [0.2, 0.25) is 5.13 Å². The number of rotatable bonds is 6. The minimum Gasteiger partial charge on any atom is -0.497 e. The van der Waals surface area contributed by atoms with E-state index in [0.29, 0.717) is 20.9 Å². The number of carbonyl (C=O) groups excluding carboxylic acids is 1. The van der Waals surface area contributed by atoms with Crippen molar-refractivity contribution in [1.29, 1.82) is 0 Å². The summed E-state index contributed by atoms with van der Waals surface area (Å²) in [5.41, 5.74) is 0.897. The maximum absolute atomic E-state index is 12.3. The zero-order valence-electron chi connectivity index (χ0n) is 14.1. The number of nitrogens with one attached hydrogen (secondary N) is 1. The molecular weight excluding hydrogens is 374 g/mol. The van der Waals surface area contributed by atoms with Gasteiger partial charge in [-0.05, 0) is 55.5 Å². The van der Waals surface area contributed by atoms with Crippen molar-refractivity contribution in [1.82, 2.24) is 10.2 Å². The van der Waals surface area contributed by atoms with Crippen molar-refractivity contribution in [2.24, 2.45) is 0 Å². The van der Waals surface area contributed by atoms with Gasteiger partial charge in [0.1, 0.15) is 16.5 Å². The highest BCUT2D eigenvalue weighted by Gasteiger charge is 2.17. The number of methoxy groups -OCH3 is 1. The highest BCUT2D eigenvalue weighted by molar-refractivity contribution is 7.18. The molecule has 1 N–H and O–H groups in total. The first-order valence-corrected chi connectivity index (χ1v) is 8.95. The van der Waals surface area contributed by atoms with Gasteiger partial charge in [-0.1, -0.05) is 22.9 Å². The molecule has 1 heterocycles. The van der Waals surface area contributed by atoms with Crippen LogP contribution in [0, 0.1) is 0 Å². The maximum atomic E-state index is 12.3. The van der Waals surface area contributed by atoms with Gasteiger partial charge in [-0.3, -0.25) is 10.1 Å². The fraction of sp³-hybridized carbons (Fsp3) is 0.167. The van der Waals surface area contributed by atoms with Gasteiger partial charge in [0.05, 0.1) is 7.11 Å². The van der Waals surface area contributed by atoms with E-state index in [1.54, 1.807) is 38.3 Å². The lowest BCUT2D eigenvalue weighted by molar-refractivity contribution is -0.122. The summed E-state index contributed by atoms with van der Waals surface area (Å²) < 4.78 is 10.7. The average Bonchev–Trinajstić information content (AvgIpc) is 3.12. The molecule has 3 rings (SSSR count). The maximum Gasteiger partial charge on any atom is 0.266 e. The van der Waals surface area contributed by atoms with Crippen molar-refractivity contribution in [3.63, 3.8) is 0 Å². The van der Waals surface area contributed by atoms with Crippen LogP contribution in [-0.4, -0.2) is 29.3 Å². The van der Waals surface area contributed by atoms with Crippen LogP contribution in [0.15, 0.2) is 48.5 Å². The SMILES string of the molecule is COc1ccc(-c2nnc(NC(=O)[C@H](C)Oc3ccc(Cl)cc3)s2)cc1. The van der Waals surface area contributed by atoms with E-state index in [0.717, 1.165) is 11.3 Å². The summed E-state index contributed by atoms with van der Waals surface area (Å²) in [6.07, 6.45) is -0.690. The molecule has 0 aliphatic carbocycles. The van der Waals surface area contributed by atoms with E-state index in [1.165, 1.54) is 11.3 Å². The molecular formula is C18H16ClN3O3S. The van der Waals surface area contributed by atoms with Gasteiger partial charge in [0.15, 0.2) is 6.10 Å². The average molecular weight is 390 g/mol. The Bertz CT molecular complexity index is 881. The molecule has 0 saturated carbocycles. The summed E-state index contributed by atoms with van der Waals surface area (Å²) in [6, 6.07) is 14.3. The Kier molecular flexibility index (Phi) is 5.70. The van der Waals surface area contributed by atoms with Crippen LogP contribution in [0.5, 0.6) is 11.5 Å². The molecule has 0 spiro atoms. The second-order valence-electron chi connectivity index (χ2n) is 5.34. The summed E-state index contributed by atoms with van der Waals surface area (Å²) in [4.78, 5) is 12.3. The van der Waals surface area contributed by atoms with Gasteiger partial charge in [0, 0.05) is 10.6 Å². The Balaban J connectivity index is 1.62. The number of aromatic nitrogens is 2. The Labute approximate surface area is 159 Å². The normalized spacial score (nSPS) is 11.7. The van der Waals surface area contributed by atoms with Gasteiger partial charge in [-0.2, -0.15) is 0 Å². The van der Waals surface area contributed by atoms with E-state index in [9.17, 15) is 4.79 Å². The van der Waals surface area contributed by atoms with Crippen LogP contribution >= 0.6 is 22.9 Å². The monoisotopic (exact) mass is 389 g/mol. The molecule has 0 fully saturated rings. The number of benzene rings is 2. The number of amides is 1. The van der Waals surface area contributed by atoms with E-state index in [4.69, 9.17) is 21.1 Å². The summed E-state index contributed by atoms with van der Waals surface area (Å²) >= 11 is 7.12. The van der Waals surface area contributed by atoms with Crippen LogP contribution in [0.25, 0.3) is 10.6 Å². The fourth-order valence-electron chi connectivity index (χ4n) is 2.10. The van der Waals surface area contributed by atoms with Crippen molar-refractivity contribution in [3.05, 3.63) is 53.6 Å². The quantitative estimate of drug-likeness (QED) is 0.681.